The number of carbonyl (C=O) groups excluding carboxylic acids is 1. The third-order valence-electron chi connectivity index (χ3n) is 6.89. The Kier molecular flexibility index (Phi) is 5.71. The Labute approximate surface area is 209 Å². The molecule has 35 heavy (non-hydrogen) atoms. The summed E-state index contributed by atoms with van der Waals surface area (Å²) in [4.78, 5) is 23.8. The number of hydrogen-bond acceptors (Lipinski definition) is 4. The molecule has 2 aromatic carbocycles. The third kappa shape index (κ3) is 4.17. The molecule has 0 fully saturated rings. The molecule has 6 heteroatoms. The Morgan fingerprint density at radius 3 is 2.94 bits per heavy atom. The number of rotatable bonds is 5. The van der Waals surface area contributed by atoms with E-state index in [9.17, 15) is 4.79 Å². The summed E-state index contributed by atoms with van der Waals surface area (Å²) in [6.45, 7) is 2.32. The Bertz CT molecular complexity index is 1430. The number of aromatic amines is 1. The van der Waals surface area contributed by atoms with E-state index < -0.39 is 0 Å². The first-order chi connectivity index (χ1) is 17.1. The molecule has 2 aliphatic rings. The zero-order chi connectivity index (χ0) is 23.9. The molecule has 0 radical (unpaired) electrons. The van der Waals surface area contributed by atoms with E-state index in [0.29, 0.717) is 6.54 Å². The van der Waals surface area contributed by atoms with E-state index in [1.807, 2.05) is 11.0 Å². The Balaban J connectivity index is 1.36. The smallest absolute Gasteiger partial charge is 0.247 e. The van der Waals surface area contributed by atoms with Crippen LogP contribution >= 0.6 is 11.3 Å². The van der Waals surface area contributed by atoms with Crippen LogP contribution in [-0.4, -0.2) is 47.9 Å². The number of ether oxygens (including phenoxy) is 1. The van der Waals surface area contributed by atoms with Crippen LogP contribution in [0.15, 0.2) is 60.7 Å². The molecule has 4 heterocycles. The van der Waals surface area contributed by atoms with E-state index in [-0.39, 0.29) is 11.9 Å². The third-order valence-corrected chi connectivity index (χ3v) is 7.93. The summed E-state index contributed by atoms with van der Waals surface area (Å²) < 4.78 is 5.74. The fourth-order valence-electron chi connectivity index (χ4n) is 5.33. The largest absolute Gasteiger partial charge is 0.493 e. The van der Waals surface area contributed by atoms with Gasteiger partial charge in [-0.25, -0.2) is 0 Å². The van der Waals surface area contributed by atoms with Crippen molar-refractivity contribution in [2.75, 3.05) is 27.2 Å². The molecule has 1 atom stereocenters. The first-order valence-electron chi connectivity index (χ1n) is 12.1. The van der Waals surface area contributed by atoms with Crippen LogP contribution in [0, 0.1) is 0 Å². The minimum Gasteiger partial charge on any atom is -0.493 e. The lowest BCUT2D eigenvalue weighted by Crippen LogP contribution is -2.39. The van der Waals surface area contributed by atoms with Crippen molar-refractivity contribution in [1.29, 1.82) is 0 Å². The van der Waals surface area contributed by atoms with Crippen molar-refractivity contribution in [2.45, 2.75) is 25.4 Å². The highest BCUT2D eigenvalue weighted by atomic mass is 32.1. The first-order valence-corrected chi connectivity index (χ1v) is 13.0. The van der Waals surface area contributed by atoms with Gasteiger partial charge in [-0.1, -0.05) is 24.3 Å². The molecule has 1 amide bonds. The van der Waals surface area contributed by atoms with Gasteiger partial charge in [0.15, 0.2) is 0 Å². The van der Waals surface area contributed by atoms with Crippen LogP contribution in [0.5, 0.6) is 5.75 Å². The zero-order valence-electron chi connectivity index (χ0n) is 20.1. The minimum absolute atomic E-state index is 0.0404. The molecule has 1 N–H and O–H groups in total. The van der Waals surface area contributed by atoms with Crippen molar-refractivity contribution in [3.63, 3.8) is 0 Å². The van der Waals surface area contributed by atoms with Crippen LogP contribution < -0.4 is 4.74 Å². The number of hydrogen-bond donors (Lipinski definition) is 1. The maximum Gasteiger partial charge on any atom is 0.247 e. The summed E-state index contributed by atoms with van der Waals surface area (Å²) in [6, 6.07) is 18.9. The number of fused-ring (bicyclic) bond motifs is 4. The predicted molar refractivity (Wildman–Crippen MR) is 142 cm³/mol. The van der Waals surface area contributed by atoms with E-state index in [2.05, 4.69) is 78.6 Å². The standard InChI is InChI=1S/C29H29N3O2S/c1-31(2)18-22-9-8-21(35-22)10-12-27(33)32-15-13-24-23-5-3-4-6-25(23)30-28(24)29(32)20-7-11-26-19(17-20)14-16-34-26/h3-12,17,29-30H,13-16,18H2,1-2H3/b12-10+/t29-/m1/s1. The Hall–Kier alpha value is -3.35. The molecule has 6 rings (SSSR count). The second-order valence-corrected chi connectivity index (χ2v) is 10.8. The highest BCUT2D eigenvalue weighted by molar-refractivity contribution is 7.12. The number of amides is 1. The zero-order valence-corrected chi connectivity index (χ0v) is 20.9. The highest BCUT2D eigenvalue weighted by Crippen LogP contribution is 2.40. The van der Waals surface area contributed by atoms with Crippen molar-refractivity contribution >= 4 is 34.2 Å². The quantitative estimate of drug-likeness (QED) is 0.386. The van der Waals surface area contributed by atoms with E-state index in [4.69, 9.17) is 4.74 Å². The van der Waals surface area contributed by atoms with Gasteiger partial charge in [0.05, 0.1) is 12.6 Å². The molecular formula is C29H29N3O2S. The molecule has 2 aliphatic heterocycles. The molecular weight excluding hydrogens is 454 g/mol. The topological polar surface area (TPSA) is 48.6 Å². The number of thiophene rings is 1. The van der Waals surface area contributed by atoms with Gasteiger partial charge in [0.2, 0.25) is 5.91 Å². The summed E-state index contributed by atoms with van der Waals surface area (Å²) in [7, 11) is 4.14. The monoisotopic (exact) mass is 483 g/mol. The van der Waals surface area contributed by atoms with Crippen LogP contribution in [0.1, 0.15) is 38.2 Å². The van der Waals surface area contributed by atoms with Crippen molar-refractivity contribution < 1.29 is 9.53 Å². The fraction of sp³-hybridized carbons (Fsp3) is 0.276. The lowest BCUT2D eigenvalue weighted by molar-refractivity contribution is -0.128. The molecule has 0 unspecified atom stereocenters. The minimum atomic E-state index is -0.151. The summed E-state index contributed by atoms with van der Waals surface area (Å²) in [5.74, 6) is 1.00. The lowest BCUT2D eigenvalue weighted by Gasteiger charge is -2.36. The Morgan fingerprint density at radius 2 is 2.06 bits per heavy atom. The molecule has 178 valence electrons. The van der Waals surface area contributed by atoms with Crippen molar-refractivity contribution in [3.8, 4) is 5.75 Å². The molecule has 0 saturated carbocycles. The fourth-order valence-corrected chi connectivity index (χ4v) is 6.37. The van der Waals surface area contributed by atoms with Gasteiger partial charge in [0.25, 0.3) is 0 Å². The molecule has 0 saturated heterocycles. The maximum absolute atomic E-state index is 13.6. The van der Waals surface area contributed by atoms with Gasteiger partial charge in [-0.3, -0.25) is 4.79 Å². The van der Waals surface area contributed by atoms with Crippen LogP contribution in [0.25, 0.3) is 17.0 Å². The summed E-state index contributed by atoms with van der Waals surface area (Å²) in [5, 5.41) is 1.26. The first kappa shape index (κ1) is 22.1. The highest BCUT2D eigenvalue weighted by Gasteiger charge is 2.34. The molecule has 0 aliphatic carbocycles. The van der Waals surface area contributed by atoms with Gasteiger partial charge in [0.1, 0.15) is 5.75 Å². The van der Waals surface area contributed by atoms with E-state index in [1.165, 1.54) is 21.4 Å². The number of nitrogens with one attached hydrogen (secondary N) is 1. The molecule has 0 bridgehead atoms. The maximum atomic E-state index is 13.6. The van der Waals surface area contributed by atoms with Gasteiger partial charge >= 0.3 is 0 Å². The second kappa shape index (κ2) is 9.02. The van der Waals surface area contributed by atoms with Crippen molar-refractivity contribution in [2.24, 2.45) is 0 Å². The van der Waals surface area contributed by atoms with Crippen LogP contribution in [-0.2, 0) is 24.2 Å². The van der Waals surface area contributed by atoms with E-state index in [0.717, 1.165) is 53.4 Å². The van der Waals surface area contributed by atoms with Crippen LogP contribution in [0.2, 0.25) is 0 Å². The van der Waals surface area contributed by atoms with Crippen molar-refractivity contribution in [1.82, 2.24) is 14.8 Å². The molecule has 4 aromatic rings. The lowest BCUT2D eigenvalue weighted by atomic mass is 9.91. The number of benzene rings is 2. The summed E-state index contributed by atoms with van der Waals surface area (Å²) in [5.41, 5.74) is 5.93. The second-order valence-electron chi connectivity index (χ2n) is 9.59. The number of para-hydroxylation sites is 1. The van der Waals surface area contributed by atoms with Gasteiger partial charge in [-0.15, -0.1) is 11.3 Å². The average molecular weight is 484 g/mol. The summed E-state index contributed by atoms with van der Waals surface area (Å²) in [6.07, 6.45) is 5.45. The van der Waals surface area contributed by atoms with Crippen LogP contribution in [0.4, 0.5) is 0 Å². The SMILES string of the molecule is CN(C)Cc1ccc(/C=C/C(=O)N2CCc3c([nH]c4ccccc34)[C@H]2c2ccc3c(c2)CCO3)s1. The number of aromatic nitrogens is 1. The number of nitrogens with zero attached hydrogens (tertiary/aromatic N) is 2. The summed E-state index contributed by atoms with van der Waals surface area (Å²) >= 11 is 1.73. The predicted octanol–water partition coefficient (Wildman–Crippen LogP) is 5.41. The van der Waals surface area contributed by atoms with Gasteiger partial charge in [-0.2, -0.15) is 0 Å². The number of carbonyl (C=O) groups is 1. The van der Waals surface area contributed by atoms with Crippen LogP contribution in [0.3, 0.4) is 0 Å². The molecule has 5 nitrogen and oxygen atoms in total. The van der Waals surface area contributed by atoms with E-state index >= 15 is 0 Å². The van der Waals surface area contributed by atoms with Gasteiger partial charge in [0, 0.05) is 51.9 Å². The molecule has 2 aromatic heterocycles. The van der Waals surface area contributed by atoms with Gasteiger partial charge < -0.3 is 19.5 Å². The van der Waals surface area contributed by atoms with Gasteiger partial charge in [-0.05, 0) is 73.6 Å². The number of H-pyrrole nitrogens is 1. The average Bonchev–Trinajstić information content (AvgIpc) is 3.59. The van der Waals surface area contributed by atoms with Crippen molar-refractivity contribution in [3.05, 3.63) is 92.8 Å². The normalized spacial score (nSPS) is 17.2. The van der Waals surface area contributed by atoms with E-state index in [1.54, 1.807) is 17.4 Å². The Morgan fingerprint density at radius 1 is 1.17 bits per heavy atom. The molecule has 0 spiro atoms.